The SMILES string of the molecule is CC(C(=O)N1CCC(CC(=O)OCc2ccccc2)CC1)C(NC(=O)c1ccc(C(=N)N)cc1)c1ccccc1. The Morgan fingerprint density at radius 2 is 1.50 bits per heavy atom. The van der Waals surface area contributed by atoms with Crippen molar-refractivity contribution in [1.29, 1.82) is 5.41 Å². The Kier molecular flexibility index (Phi) is 9.67. The third-order valence-corrected chi connectivity index (χ3v) is 7.42. The van der Waals surface area contributed by atoms with E-state index in [1.54, 1.807) is 24.3 Å². The van der Waals surface area contributed by atoms with Crippen LogP contribution in [0.15, 0.2) is 84.9 Å². The zero-order valence-corrected chi connectivity index (χ0v) is 22.7. The molecule has 8 heteroatoms. The van der Waals surface area contributed by atoms with Crippen molar-refractivity contribution in [3.63, 3.8) is 0 Å². The Bertz CT molecular complexity index is 1300. The first kappa shape index (κ1) is 28.5. The quantitative estimate of drug-likeness (QED) is 0.199. The topological polar surface area (TPSA) is 126 Å². The summed E-state index contributed by atoms with van der Waals surface area (Å²) in [7, 11) is 0. The highest BCUT2D eigenvalue weighted by Crippen LogP contribution is 2.28. The molecule has 3 aromatic rings. The van der Waals surface area contributed by atoms with Gasteiger partial charge in [-0.05, 0) is 42.0 Å². The van der Waals surface area contributed by atoms with Gasteiger partial charge in [0.25, 0.3) is 5.91 Å². The predicted octanol–water partition coefficient (Wildman–Crippen LogP) is 4.45. The number of carbonyl (C=O) groups is 3. The average molecular weight is 541 g/mol. The summed E-state index contributed by atoms with van der Waals surface area (Å²) < 4.78 is 5.44. The highest BCUT2D eigenvalue weighted by molar-refractivity contribution is 5.98. The Hall–Kier alpha value is -4.46. The van der Waals surface area contributed by atoms with Crippen LogP contribution in [0.2, 0.25) is 0 Å². The lowest BCUT2D eigenvalue weighted by atomic mass is 9.90. The van der Waals surface area contributed by atoms with Gasteiger partial charge in [0.2, 0.25) is 5.91 Å². The molecule has 2 amide bonds. The van der Waals surface area contributed by atoms with Crippen molar-refractivity contribution in [3.8, 4) is 0 Å². The molecule has 4 rings (SSSR count). The average Bonchev–Trinajstić information content (AvgIpc) is 2.99. The Balaban J connectivity index is 1.34. The summed E-state index contributed by atoms with van der Waals surface area (Å²) in [5.41, 5.74) is 8.28. The molecule has 1 heterocycles. The number of nitrogens with one attached hydrogen (secondary N) is 2. The molecule has 4 N–H and O–H groups in total. The summed E-state index contributed by atoms with van der Waals surface area (Å²) >= 11 is 0. The van der Waals surface area contributed by atoms with Crippen LogP contribution in [0.5, 0.6) is 0 Å². The maximum atomic E-state index is 13.6. The van der Waals surface area contributed by atoms with Crippen molar-refractivity contribution in [3.05, 3.63) is 107 Å². The van der Waals surface area contributed by atoms with E-state index in [-0.39, 0.29) is 36.1 Å². The minimum atomic E-state index is -0.528. The number of ether oxygens (including phenoxy) is 1. The van der Waals surface area contributed by atoms with Crippen LogP contribution in [-0.4, -0.2) is 41.6 Å². The van der Waals surface area contributed by atoms with E-state index in [1.807, 2.05) is 72.5 Å². The van der Waals surface area contributed by atoms with Gasteiger partial charge in [0.05, 0.1) is 12.0 Å². The van der Waals surface area contributed by atoms with Crippen LogP contribution in [-0.2, 0) is 20.9 Å². The number of carbonyl (C=O) groups excluding carboxylic acids is 3. The molecule has 0 aliphatic carbocycles. The number of nitrogens with two attached hydrogens (primary N) is 1. The summed E-state index contributed by atoms with van der Waals surface area (Å²) in [4.78, 5) is 40.9. The minimum Gasteiger partial charge on any atom is -0.461 e. The zero-order valence-electron chi connectivity index (χ0n) is 22.7. The fourth-order valence-corrected chi connectivity index (χ4v) is 5.00. The lowest BCUT2D eigenvalue weighted by Crippen LogP contribution is -2.45. The highest BCUT2D eigenvalue weighted by Gasteiger charge is 2.33. The van der Waals surface area contributed by atoms with Crippen LogP contribution in [0.25, 0.3) is 0 Å². The molecule has 1 fully saturated rings. The number of amidine groups is 1. The van der Waals surface area contributed by atoms with Gasteiger partial charge in [-0.1, -0.05) is 79.7 Å². The van der Waals surface area contributed by atoms with Crippen LogP contribution in [0.1, 0.15) is 59.3 Å². The molecule has 2 unspecified atom stereocenters. The molecule has 8 nitrogen and oxygen atoms in total. The number of hydrogen-bond acceptors (Lipinski definition) is 5. The zero-order chi connectivity index (χ0) is 28.5. The van der Waals surface area contributed by atoms with Crippen LogP contribution in [0, 0.1) is 17.2 Å². The standard InChI is InChI=1S/C32H36N4O4/c1-22(29(25-10-6-3-7-11-25)35-31(38)27-14-12-26(13-15-27)30(33)34)32(39)36-18-16-23(17-19-36)20-28(37)40-21-24-8-4-2-5-9-24/h2-15,22-23,29H,16-21H2,1H3,(H3,33,34)(H,35,38). The van der Waals surface area contributed by atoms with Gasteiger partial charge in [0, 0.05) is 30.6 Å². The van der Waals surface area contributed by atoms with Gasteiger partial charge in [-0.25, -0.2) is 0 Å². The molecular weight excluding hydrogens is 504 g/mol. The number of benzene rings is 3. The summed E-state index contributed by atoms with van der Waals surface area (Å²) in [5.74, 6) is -0.964. The maximum Gasteiger partial charge on any atom is 0.306 e. The Morgan fingerprint density at radius 1 is 0.925 bits per heavy atom. The predicted molar refractivity (Wildman–Crippen MR) is 153 cm³/mol. The lowest BCUT2D eigenvalue weighted by Gasteiger charge is -2.35. The van der Waals surface area contributed by atoms with Crippen LogP contribution in [0.4, 0.5) is 0 Å². The fraction of sp³-hybridized carbons (Fsp3) is 0.312. The molecule has 40 heavy (non-hydrogen) atoms. The molecule has 0 saturated carbocycles. The summed E-state index contributed by atoms with van der Waals surface area (Å²) in [6, 6.07) is 25.0. The molecule has 2 atom stereocenters. The second kappa shape index (κ2) is 13.6. The van der Waals surface area contributed by atoms with Gasteiger partial charge >= 0.3 is 5.97 Å². The summed E-state index contributed by atoms with van der Waals surface area (Å²) in [6.07, 6.45) is 1.79. The number of nitrogens with zero attached hydrogens (tertiary/aromatic N) is 1. The number of piperidine rings is 1. The second-order valence-corrected chi connectivity index (χ2v) is 10.3. The van der Waals surface area contributed by atoms with E-state index in [0.717, 1.165) is 24.0 Å². The van der Waals surface area contributed by atoms with Crippen molar-refractivity contribution in [1.82, 2.24) is 10.2 Å². The van der Waals surface area contributed by atoms with Crippen LogP contribution < -0.4 is 11.1 Å². The number of esters is 1. The highest BCUT2D eigenvalue weighted by atomic mass is 16.5. The largest absolute Gasteiger partial charge is 0.461 e. The van der Waals surface area contributed by atoms with Gasteiger partial charge in [-0.15, -0.1) is 0 Å². The van der Waals surface area contributed by atoms with E-state index < -0.39 is 12.0 Å². The van der Waals surface area contributed by atoms with Crippen LogP contribution >= 0.6 is 0 Å². The number of nitrogen functional groups attached to an aromatic ring is 1. The monoisotopic (exact) mass is 540 g/mol. The maximum absolute atomic E-state index is 13.6. The number of amides is 2. The van der Waals surface area contributed by atoms with Gasteiger partial charge in [-0.2, -0.15) is 0 Å². The minimum absolute atomic E-state index is 0.0359. The van der Waals surface area contributed by atoms with Gasteiger partial charge in [0.15, 0.2) is 0 Å². The van der Waals surface area contributed by atoms with Crippen molar-refractivity contribution >= 4 is 23.6 Å². The molecule has 1 aliphatic rings. The Labute approximate surface area is 235 Å². The fourth-order valence-electron chi connectivity index (χ4n) is 5.00. The van der Waals surface area contributed by atoms with E-state index in [9.17, 15) is 14.4 Å². The van der Waals surface area contributed by atoms with Gasteiger partial charge in [0.1, 0.15) is 12.4 Å². The molecule has 0 spiro atoms. The molecule has 0 bridgehead atoms. The molecule has 208 valence electrons. The van der Waals surface area contributed by atoms with E-state index in [1.165, 1.54) is 0 Å². The van der Waals surface area contributed by atoms with Crippen molar-refractivity contribution in [2.45, 2.75) is 38.8 Å². The third kappa shape index (κ3) is 7.56. The van der Waals surface area contributed by atoms with E-state index in [4.69, 9.17) is 15.9 Å². The van der Waals surface area contributed by atoms with Gasteiger partial charge < -0.3 is 20.7 Å². The van der Waals surface area contributed by atoms with E-state index in [2.05, 4.69) is 5.32 Å². The lowest BCUT2D eigenvalue weighted by molar-refractivity contribution is -0.146. The number of likely N-dealkylation sites (tertiary alicyclic amines) is 1. The molecular formula is C32H36N4O4. The first-order valence-corrected chi connectivity index (χ1v) is 13.6. The van der Waals surface area contributed by atoms with E-state index >= 15 is 0 Å². The first-order valence-electron chi connectivity index (χ1n) is 13.6. The Morgan fingerprint density at radius 3 is 2.10 bits per heavy atom. The van der Waals surface area contributed by atoms with E-state index in [0.29, 0.717) is 30.6 Å². The van der Waals surface area contributed by atoms with Crippen LogP contribution in [0.3, 0.4) is 0 Å². The molecule has 0 radical (unpaired) electrons. The van der Waals surface area contributed by atoms with Gasteiger partial charge in [-0.3, -0.25) is 19.8 Å². The second-order valence-electron chi connectivity index (χ2n) is 10.3. The molecule has 1 saturated heterocycles. The van der Waals surface area contributed by atoms with Crippen molar-refractivity contribution in [2.24, 2.45) is 17.6 Å². The normalized spacial score (nSPS) is 15.1. The summed E-state index contributed by atoms with van der Waals surface area (Å²) in [5, 5.41) is 10.6. The summed E-state index contributed by atoms with van der Waals surface area (Å²) in [6.45, 7) is 3.22. The molecule has 1 aliphatic heterocycles. The van der Waals surface area contributed by atoms with Crippen molar-refractivity contribution < 1.29 is 19.1 Å². The molecule has 3 aromatic carbocycles. The first-order chi connectivity index (χ1) is 19.3. The smallest absolute Gasteiger partial charge is 0.306 e. The molecule has 0 aromatic heterocycles. The number of rotatable bonds is 10. The number of hydrogen-bond donors (Lipinski definition) is 3. The third-order valence-electron chi connectivity index (χ3n) is 7.42. The van der Waals surface area contributed by atoms with Crippen molar-refractivity contribution in [2.75, 3.05) is 13.1 Å².